The first kappa shape index (κ1) is 27.8. The number of hydrogen-bond donors (Lipinski definition) is 1. The number of anilines is 3. The van der Waals surface area contributed by atoms with Crippen molar-refractivity contribution in [2.24, 2.45) is 11.3 Å². The molecule has 0 amide bonds. The first-order valence-electron chi connectivity index (χ1n) is 15.7. The molecule has 0 spiro atoms. The molecule has 0 bridgehead atoms. The Morgan fingerprint density at radius 1 is 1.00 bits per heavy atom. The summed E-state index contributed by atoms with van der Waals surface area (Å²) in [5, 5.41) is 6.36. The van der Waals surface area contributed by atoms with Gasteiger partial charge in [0.25, 0.3) is 0 Å². The van der Waals surface area contributed by atoms with Crippen molar-refractivity contribution in [3.05, 3.63) is 71.7 Å². The fourth-order valence-corrected chi connectivity index (χ4v) is 6.75. The van der Waals surface area contributed by atoms with E-state index in [2.05, 4.69) is 87.4 Å². The molecule has 9 heteroatoms. The van der Waals surface area contributed by atoms with Crippen LogP contribution in [-0.2, 0) is 19.4 Å². The summed E-state index contributed by atoms with van der Waals surface area (Å²) < 4.78 is 6.38. The molecule has 1 aliphatic carbocycles. The minimum Gasteiger partial charge on any atom is -0.463 e. The Balaban J connectivity index is 1.12. The van der Waals surface area contributed by atoms with Gasteiger partial charge in [0, 0.05) is 73.1 Å². The summed E-state index contributed by atoms with van der Waals surface area (Å²) in [6.45, 7) is 8.33. The summed E-state index contributed by atoms with van der Waals surface area (Å²) in [6, 6.07) is 15.7. The number of aryl methyl sites for hydroxylation is 1. The molecule has 2 fully saturated rings. The van der Waals surface area contributed by atoms with Crippen molar-refractivity contribution in [1.29, 1.82) is 0 Å². The van der Waals surface area contributed by atoms with Gasteiger partial charge in [-0.05, 0) is 62.9 Å². The Bertz CT molecular complexity index is 1580. The van der Waals surface area contributed by atoms with E-state index in [1.807, 2.05) is 6.07 Å². The Morgan fingerprint density at radius 3 is 2.53 bits per heavy atom. The fourth-order valence-electron chi connectivity index (χ4n) is 6.75. The second kappa shape index (κ2) is 11.6. The van der Waals surface area contributed by atoms with Crippen molar-refractivity contribution in [1.82, 2.24) is 24.8 Å². The normalized spacial score (nSPS) is 17.6. The zero-order chi connectivity index (χ0) is 29.4. The lowest BCUT2D eigenvalue weighted by atomic mass is 9.98. The Kier molecular flexibility index (Phi) is 7.51. The third kappa shape index (κ3) is 5.83. The van der Waals surface area contributed by atoms with Gasteiger partial charge >= 0.3 is 6.01 Å². The van der Waals surface area contributed by atoms with Crippen molar-refractivity contribution >= 4 is 28.2 Å². The molecule has 1 N–H and O–H groups in total. The molecule has 9 nitrogen and oxygen atoms in total. The van der Waals surface area contributed by atoms with E-state index in [4.69, 9.17) is 14.7 Å². The lowest BCUT2D eigenvalue weighted by Crippen LogP contribution is -2.50. The predicted molar refractivity (Wildman–Crippen MR) is 172 cm³/mol. The molecule has 4 aromatic rings. The fraction of sp³-hybridized carbons (Fsp3) is 0.471. The summed E-state index contributed by atoms with van der Waals surface area (Å²) in [5.74, 6) is 2.25. The van der Waals surface area contributed by atoms with Gasteiger partial charge < -0.3 is 24.8 Å². The summed E-state index contributed by atoms with van der Waals surface area (Å²) in [4.78, 5) is 25.8. The number of fused-ring (bicyclic) bond motifs is 2. The SMILES string of the molecule is CCc1cccc2cccc(N3CCc4c(nc(OCC5(CN(C)C)CC5)nc4NCC4CN(c5ncccn5)C4)C3)c12. The van der Waals surface area contributed by atoms with Gasteiger partial charge in [0.15, 0.2) is 0 Å². The quantitative estimate of drug-likeness (QED) is 0.270. The average molecular weight is 579 g/mol. The summed E-state index contributed by atoms with van der Waals surface area (Å²) in [6.07, 6.45) is 7.89. The van der Waals surface area contributed by atoms with Gasteiger partial charge in [0.05, 0.1) is 18.8 Å². The van der Waals surface area contributed by atoms with E-state index >= 15 is 0 Å². The highest BCUT2D eigenvalue weighted by molar-refractivity contribution is 5.97. The maximum atomic E-state index is 6.38. The zero-order valence-electron chi connectivity index (χ0n) is 25.6. The lowest BCUT2D eigenvalue weighted by Gasteiger charge is -2.39. The maximum Gasteiger partial charge on any atom is 0.318 e. The number of ether oxygens (including phenoxy) is 1. The highest BCUT2D eigenvalue weighted by Crippen LogP contribution is 2.46. The number of rotatable bonds is 11. The van der Waals surface area contributed by atoms with Crippen molar-refractivity contribution < 1.29 is 4.74 Å². The molecular weight excluding hydrogens is 536 g/mol. The standard InChI is InChI=1S/C34H42N8O/c1-4-25-8-5-9-26-10-6-11-29(30(25)26)41-17-12-27-28(21-41)38-33(43-23-34(13-14-34)22-40(2)3)39-31(27)37-18-24-19-42(20-24)32-35-15-7-16-36-32/h5-11,15-16,24H,4,12-14,17-23H2,1-3H3,(H,37,38,39). The van der Waals surface area contributed by atoms with Crippen LogP contribution in [0.25, 0.3) is 10.8 Å². The predicted octanol–water partition coefficient (Wildman–Crippen LogP) is 4.81. The first-order chi connectivity index (χ1) is 21.0. The van der Waals surface area contributed by atoms with E-state index < -0.39 is 0 Å². The van der Waals surface area contributed by atoms with E-state index in [1.165, 1.54) is 40.4 Å². The van der Waals surface area contributed by atoms with Crippen LogP contribution in [0, 0.1) is 11.3 Å². The highest BCUT2D eigenvalue weighted by atomic mass is 16.5. The van der Waals surface area contributed by atoms with Crippen LogP contribution in [-0.4, -0.2) is 78.3 Å². The van der Waals surface area contributed by atoms with E-state index in [0.717, 1.165) is 69.6 Å². The molecule has 43 heavy (non-hydrogen) atoms. The zero-order valence-corrected chi connectivity index (χ0v) is 25.6. The second-order valence-electron chi connectivity index (χ2n) is 12.8. The third-order valence-corrected chi connectivity index (χ3v) is 9.20. The topological polar surface area (TPSA) is 82.5 Å². The number of hydrogen-bond acceptors (Lipinski definition) is 9. The van der Waals surface area contributed by atoms with Crippen LogP contribution in [0.15, 0.2) is 54.9 Å². The van der Waals surface area contributed by atoms with Crippen LogP contribution in [0.1, 0.15) is 36.6 Å². The van der Waals surface area contributed by atoms with E-state index in [0.29, 0.717) is 18.5 Å². The van der Waals surface area contributed by atoms with E-state index in [9.17, 15) is 0 Å². The molecule has 0 unspecified atom stereocenters. The van der Waals surface area contributed by atoms with Crippen LogP contribution < -0.4 is 19.9 Å². The molecule has 0 radical (unpaired) electrons. The molecule has 4 heterocycles. The lowest BCUT2D eigenvalue weighted by molar-refractivity contribution is 0.182. The average Bonchev–Trinajstić information content (AvgIpc) is 3.77. The Hall–Kier alpha value is -3.98. The van der Waals surface area contributed by atoms with Gasteiger partial charge in [-0.2, -0.15) is 9.97 Å². The Morgan fingerprint density at radius 2 is 1.79 bits per heavy atom. The summed E-state index contributed by atoms with van der Waals surface area (Å²) in [7, 11) is 4.27. The number of nitrogens with one attached hydrogen (secondary N) is 1. The van der Waals surface area contributed by atoms with Crippen LogP contribution in [0.3, 0.4) is 0 Å². The van der Waals surface area contributed by atoms with Crippen molar-refractivity contribution in [3.63, 3.8) is 0 Å². The van der Waals surface area contributed by atoms with Crippen LogP contribution in [0.2, 0.25) is 0 Å². The largest absolute Gasteiger partial charge is 0.463 e. The molecular formula is C34H42N8O. The minimum atomic E-state index is 0.219. The number of nitrogens with zero attached hydrogens (tertiary/aromatic N) is 7. The van der Waals surface area contributed by atoms with Gasteiger partial charge in [-0.3, -0.25) is 0 Å². The van der Waals surface area contributed by atoms with Crippen molar-refractivity contribution in [2.45, 2.75) is 39.2 Å². The molecule has 7 rings (SSSR count). The first-order valence-corrected chi connectivity index (χ1v) is 15.7. The van der Waals surface area contributed by atoms with Crippen molar-refractivity contribution in [3.8, 4) is 6.01 Å². The minimum absolute atomic E-state index is 0.219. The molecule has 3 aliphatic rings. The van der Waals surface area contributed by atoms with Crippen LogP contribution >= 0.6 is 0 Å². The third-order valence-electron chi connectivity index (χ3n) is 9.20. The highest BCUT2D eigenvalue weighted by Gasteiger charge is 2.44. The monoisotopic (exact) mass is 578 g/mol. The smallest absolute Gasteiger partial charge is 0.318 e. The number of benzene rings is 2. The van der Waals surface area contributed by atoms with E-state index in [-0.39, 0.29) is 5.41 Å². The molecule has 1 saturated carbocycles. The molecule has 0 atom stereocenters. The van der Waals surface area contributed by atoms with E-state index in [1.54, 1.807) is 12.4 Å². The molecule has 2 aromatic carbocycles. The van der Waals surface area contributed by atoms with Gasteiger partial charge in [0.2, 0.25) is 5.95 Å². The molecule has 224 valence electrons. The molecule has 2 aromatic heterocycles. The van der Waals surface area contributed by atoms with Gasteiger partial charge in [-0.1, -0.05) is 37.3 Å². The van der Waals surface area contributed by atoms with Crippen LogP contribution in [0.4, 0.5) is 17.5 Å². The van der Waals surface area contributed by atoms with Gasteiger partial charge in [0.1, 0.15) is 5.82 Å². The maximum absolute atomic E-state index is 6.38. The molecule has 1 saturated heterocycles. The summed E-state index contributed by atoms with van der Waals surface area (Å²) >= 11 is 0. The Labute approximate surface area is 254 Å². The molecule has 2 aliphatic heterocycles. The van der Waals surface area contributed by atoms with Gasteiger partial charge in [-0.15, -0.1) is 0 Å². The summed E-state index contributed by atoms with van der Waals surface area (Å²) in [5.41, 5.74) is 5.18. The van der Waals surface area contributed by atoms with Crippen LogP contribution in [0.5, 0.6) is 6.01 Å². The van der Waals surface area contributed by atoms with Crippen molar-refractivity contribution in [2.75, 3.05) is 68.5 Å². The van der Waals surface area contributed by atoms with Gasteiger partial charge in [-0.25, -0.2) is 9.97 Å². The second-order valence-corrected chi connectivity index (χ2v) is 12.8. The number of aromatic nitrogens is 4.